The molecule has 0 aliphatic rings. The van der Waals surface area contributed by atoms with E-state index in [1.165, 1.54) is 22.3 Å². The quantitative estimate of drug-likeness (QED) is 0.908. The van der Waals surface area contributed by atoms with Crippen LogP contribution in [-0.4, -0.2) is 18.6 Å². The lowest BCUT2D eigenvalue weighted by Gasteiger charge is -2.23. The van der Waals surface area contributed by atoms with Crippen LogP contribution >= 0.6 is 0 Å². The number of pyridine rings is 1. The molecule has 0 aliphatic heterocycles. The Balaban J connectivity index is 2.56. The van der Waals surface area contributed by atoms with Crippen molar-refractivity contribution in [3.63, 3.8) is 0 Å². The predicted octanol–water partition coefficient (Wildman–Crippen LogP) is 3.71. The van der Waals surface area contributed by atoms with E-state index in [-0.39, 0.29) is 6.04 Å². The second kappa shape index (κ2) is 6.72. The number of aromatic nitrogens is 1. The van der Waals surface area contributed by atoms with E-state index in [2.05, 4.69) is 56.2 Å². The summed E-state index contributed by atoms with van der Waals surface area (Å²) in [5.74, 6) is 0.682. The van der Waals surface area contributed by atoms with Crippen molar-refractivity contribution >= 4 is 0 Å². The molecule has 3 nitrogen and oxygen atoms in total. The van der Waals surface area contributed by atoms with Gasteiger partial charge in [0.05, 0.1) is 13.2 Å². The number of hydrogen-bond acceptors (Lipinski definition) is 3. The van der Waals surface area contributed by atoms with Crippen LogP contribution in [0.4, 0.5) is 0 Å². The molecule has 1 unspecified atom stereocenters. The van der Waals surface area contributed by atoms with Gasteiger partial charge in [-0.25, -0.2) is 4.98 Å². The highest BCUT2D eigenvalue weighted by Crippen LogP contribution is 2.31. The number of rotatable bonds is 5. The van der Waals surface area contributed by atoms with Gasteiger partial charge in [-0.05, 0) is 55.6 Å². The Morgan fingerprint density at radius 3 is 2.48 bits per heavy atom. The summed E-state index contributed by atoms with van der Waals surface area (Å²) in [5, 5.41) is 3.56. The standard InChI is InChI=1S/C18H24N2O/c1-6-19-17(15-8-7-9-20-18(15)21-5)16-11-13(3)12(2)10-14(16)4/h7-11,17,19H,6H2,1-5H3. The SMILES string of the molecule is CCNC(c1cc(C)c(C)cc1C)c1cccnc1OC. The molecule has 0 amide bonds. The smallest absolute Gasteiger partial charge is 0.218 e. The van der Waals surface area contributed by atoms with E-state index in [0.717, 1.165) is 12.1 Å². The van der Waals surface area contributed by atoms with Gasteiger partial charge in [0, 0.05) is 11.8 Å². The number of hydrogen-bond donors (Lipinski definition) is 1. The van der Waals surface area contributed by atoms with Crippen molar-refractivity contribution in [3.05, 3.63) is 58.3 Å². The fourth-order valence-corrected chi connectivity index (χ4v) is 2.68. The molecule has 0 saturated heterocycles. The highest BCUT2D eigenvalue weighted by molar-refractivity contribution is 5.44. The zero-order valence-corrected chi connectivity index (χ0v) is 13.5. The fraction of sp³-hybridized carbons (Fsp3) is 0.389. The molecule has 1 aromatic carbocycles. The fourth-order valence-electron chi connectivity index (χ4n) is 2.68. The van der Waals surface area contributed by atoms with Crippen molar-refractivity contribution in [2.24, 2.45) is 0 Å². The van der Waals surface area contributed by atoms with E-state index in [1.54, 1.807) is 13.3 Å². The molecule has 1 N–H and O–H groups in total. The average Bonchev–Trinajstić information content (AvgIpc) is 2.49. The molecule has 0 bridgehead atoms. The molecule has 2 rings (SSSR count). The Bertz CT molecular complexity index is 623. The van der Waals surface area contributed by atoms with Crippen LogP contribution in [0.2, 0.25) is 0 Å². The largest absolute Gasteiger partial charge is 0.481 e. The molecule has 1 aromatic heterocycles. The van der Waals surface area contributed by atoms with Crippen LogP contribution < -0.4 is 10.1 Å². The van der Waals surface area contributed by atoms with Crippen molar-refractivity contribution in [1.29, 1.82) is 0 Å². The van der Waals surface area contributed by atoms with Gasteiger partial charge >= 0.3 is 0 Å². The number of benzene rings is 1. The highest BCUT2D eigenvalue weighted by atomic mass is 16.5. The Hall–Kier alpha value is -1.87. The summed E-state index contributed by atoms with van der Waals surface area (Å²) in [4.78, 5) is 4.33. The summed E-state index contributed by atoms with van der Waals surface area (Å²) in [5.41, 5.74) is 6.28. The topological polar surface area (TPSA) is 34.2 Å². The van der Waals surface area contributed by atoms with Crippen molar-refractivity contribution in [2.45, 2.75) is 33.7 Å². The van der Waals surface area contributed by atoms with Gasteiger partial charge in [-0.2, -0.15) is 0 Å². The van der Waals surface area contributed by atoms with Gasteiger partial charge in [0.2, 0.25) is 5.88 Å². The molecule has 0 saturated carbocycles. The molecule has 3 heteroatoms. The van der Waals surface area contributed by atoms with Crippen molar-refractivity contribution in [1.82, 2.24) is 10.3 Å². The molecule has 1 heterocycles. The van der Waals surface area contributed by atoms with E-state index in [0.29, 0.717) is 5.88 Å². The maximum Gasteiger partial charge on any atom is 0.218 e. The molecule has 21 heavy (non-hydrogen) atoms. The number of ether oxygens (including phenoxy) is 1. The Morgan fingerprint density at radius 1 is 1.10 bits per heavy atom. The number of methoxy groups -OCH3 is 1. The molecule has 0 spiro atoms. The van der Waals surface area contributed by atoms with Gasteiger partial charge in [-0.15, -0.1) is 0 Å². The predicted molar refractivity (Wildman–Crippen MR) is 87.0 cm³/mol. The van der Waals surface area contributed by atoms with Crippen LogP contribution in [0.25, 0.3) is 0 Å². The molecular formula is C18H24N2O. The van der Waals surface area contributed by atoms with Crippen molar-refractivity contribution in [3.8, 4) is 5.88 Å². The van der Waals surface area contributed by atoms with E-state index < -0.39 is 0 Å². The minimum absolute atomic E-state index is 0.0953. The minimum atomic E-state index is 0.0953. The maximum absolute atomic E-state index is 5.44. The summed E-state index contributed by atoms with van der Waals surface area (Å²) >= 11 is 0. The summed E-state index contributed by atoms with van der Waals surface area (Å²) in [6.45, 7) is 9.47. The third-order valence-electron chi connectivity index (χ3n) is 3.91. The van der Waals surface area contributed by atoms with Crippen LogP contribution in [-0.2, 0) is 0 Å². The molecule has 1 atom stereocenters. The van der Waals surface area contributed by atoms with E-state index in [9.17, 15) is 0 Å². The Morgan fingerprint density at radius 2 is 1.81 bits per heavy atom. The van der Waals surface area contributed by atoms with Gasteiger partial charge in [0.25, 0.3) is 0 Å². The molecular weight excluding hydrogens is 260 g/mol. The zero-order chi connectivity index (χ0) is 15.4. The van der Waals surface area contributed by atoms with Crippen molar-refractivity contribution in [2.75, 3.05) is 13.7 Å². The van der Waals surface area contributed by atoms with Gasteiger partial charge < -0.3 is 10.1 Å². The first-order chi connectivity index (χ1) is 10.1. The molecule has 0 fully saturated rings. The summed E-state index contributed by atoms with van der Waals surface area (Å²) in [7, 11) is 1.67. The van der Waals surface area contributed by atoms with Crippen LogP contribution in [0.3, 0.4) is 0 Å². The third kappa shape index (κ3) is 3.24. The lowest BCUT2D eigenvalue weighted by Crippen LogP contribution is -2.23. The monoisotopic (exact) mass is 284 g/mol. The first-order valence-corrected chi connectivity index (χ1v) is 7.38. The lowest BCUT2D eigenvalue weighted by atomic mass is 9.92. The average molecular weight is 284 g/mol. The molecule has 0 radical (unpaired) electrons. The first kappa shape index (κ1) is 15.5. The van der Waals surface area contributed by atoms with Crippen LogP contribution in [0.1, 0.15) is 40.8 Å². The van der Waals surface area contributed by atoms with E-state index in [4.69, 9.17) is 4.74 Å². The number of nitrogens with zero attached hydrogens (tertiary/aromatic N) is 1. The zero-order valence-electron chi connectivity index (χ0n) is 13.5. The molecule has 2 aromatic rings. The number of aryl methyl sites for hydroxylation is 3. The van der Waals surface area contributed by atoms with Gasteiger partial charge in [0.15, 0.2) is 0 Å². The summed E-state index contributed by atoms with van der Waals surface area (Å²) in [6.07, 6.45) is 1.76. The van der Waals surface area contributed by atoms with Gasteiger partial charge in [0.1, 0.15) is 0 Å². The first-order valence-electron chi connectivity index (χ1n) is 7.38. The van der Waals surface area contributed by atoms with Gasteiger partial charge in [-0.3, -0.25) is 0 Å². The Labute approximate surface area is 127 Å². The second-order valence-electron chi connectivity index (χ2n) is 5.39. The second-order valence-corrected chi connectivity index (χ2v) is 5.39. The number of nitrogens with one attached hydrogen (secondary N) is 1. The van der Waals surface area contributed by atoms with Crippen LogP contribution in [0.15, 0.2) is 30.5 Å². The normalized spacial score (nSPS) is 12.2. The van der Waals surface area contributed by atoms with Crippen LogP contribution in [0.5, 0.6) is 5.88 Å². The summed E-state index contributed by atoms with van der Waals surface area (Å²) < 4.78 is 5.44. The third-order valence-corrected chi connectivity index (χ3v) is 3.91. The lowest BCUT2D eigenvalue weighted by molar-refractivity contribution is 0.387. The molecule has 112 valence electrons. The Kier molecular flexibility index (Phi) is 4.97. The highest BCUT2D eigenvalue weighted by Gasteiger charge is 2.20. The minimum Gasteiger partial charge on any atom is -0.481 e. The van der Waals surface area contributed by atoms with Crippen molar-refractivity contribution < 1.29 is 4.74 Å². The maximum atomic E-state index is 5.44. The van der Waals surface area contributed by atoms with E-state index in [1.807, 2.05) is 6.07 Å². The molecule has 0 aliphatic carbocycles. The summed E-state index contributed by atoms with van der Waals surface area (Å²) in [6, 6.07) is 8.65. The van der Waals surface area contributed by atoms with Gasteiger partial charge in [-0.1, -0.05) is 25.1 Å². The van der Waals surface area contributed by atoms with Crippen LogP contribution in [0, 0.1) is 20.8 Å². The van der Waals surface area contributed by atoms with E-state index >= 15 is 0 Å².